The Hall–Kier alpha value is -0.360. The Labute approximate surface area is 95.6 Å². The van der Waals surface area contributed by atoms with Crippen molar-refractivity contribution >= 4 is 19.7 Å². The normalized spacial score (nSPS) is 47.5. The molecule has 2 aliphatic heterocycles. The topological polar surface area (TPSA) is 68.3 Å². The van der Waals surface area contributed by atoms with Gasteiger partial charge in [-0.2, -0.15) is 0 Å². The van der Waals surface area contributed by atoms with Gasteiger partial charge in [0.2, 0.25) is 0 Å². The van der Waals surface area contributed by atoms with E-state index in [9.17, 15) is 16.8 Å². The average Bonchev–Trinajstić information content (AvgIpc) is 2.40. The van der Waals surface area contributed by atoms with E-state index in [2.05, 4.69) is 0 Å². The van der Waals surface area contributed by atoms with Crippen LogP contribution in [-0.4, -0.2) is 39.8 Å². The summed E-state index contributed by atoms with van der Waals surface area (Å²) in [5.41, 5.74) is -1.03. The first-order valence-corrected chi connectivity index (χ1v) is 8.99. The van der Waals surface area contributed by atoms with Gasteiger partial charge in [0.15, 0.2) is 19.7 Å². The summed E-state index contributed by atoms with van der Waals surface area (Å²) in [5, 5.41) is 0. The highest BCUT2D eigenvalue weighted by Gasteiger charge is 2.67. The molecule has 0 radical (unpaired) electrons. The van der Waals surface area contributed by atoms with Crippen LogP contribution in [0.3, 0.4) is 0 Å². The summed E-state index contributed by atoms with van der Waals surface area (Å²) in [6.45, 7) is 0. The molecule has 0 amide bonds. The maximum atomic E-state index is 11.8. The smallest absolute Gasteiger partial charge is 0.151 e. The summed E-state index contributed by atoms with van der Waals surface area (Å²) < 4.78 is 47.2. The summed E-state index contributed by atoms with van der Waals surface area (Å²) in [4.78, 5) is 0. The Balaban J connectivity index is 2.20. The highest BCUT2D eigenvalue weighted by molar-refractivity contribution is 7.93. The van der Waals surface area contributed by atoms with Gasteiger partial charge in [-0.15, -0.1) is 0 Å². The van der Waals surface area contributed by atoms with Gasteiger partial charge in [-0.1, -0.05) is 12.2 Å². The minimum absolute atomic E-state index is 0.0591. The van der Waals surface area contributed by atoms with Crippen molar-refractivity contribution in [3.8, 4) is 0 Å². The molecule has 0 aromatic carbocycles. The Kier molecular flexibility index (Phi) is 1.83. The molecule has 0 aromatic rings. The zero-order chi connectivity index (χ0) is 11.7. The van der Waals surface area contributed by atoms with Gasteiger partial charge < -0.3 is 0 Å². The molecule has 1 aliphatic carbocycles. The maximum Gasteiger partial charge on any atom is 0.151 e. The Bertz CT molecular complexity index is 492. The third-order valence-electron chi connectivity index (χ3n) is 4.29. The zero-order valence-corrected chi connectivity index (χ0v) is 10.5. The first kappa shape index (κ1) is 10.8. The SMILES string of the molecule is O=S1(=O)CC23CC=CCC2(C1)CS(=O)(=O)C3. The van der Waals surface area contributed by atoms with E-state index in [0.29, 0.717) is 12.8 Å². The third-order valence-corrected chi connectivity index (χ3v) is 8.26. The summed E-state index contributed by atoms with van der Waals surface area (Å²) >= 11 is 0. The molecule has 4 nitrogen and oxygen atoms in total. The van der Waals surface area contributed by atoms with Crippen molar-refractivity contribution in [2.24, 2.45) is 10.8 Å². The molecule has 2 saturated heterocycles. The molecule has 0 bridgehead atoms. The van der Waals surface area contributed by atoms with Crippen LogP contribution in [-0.2, 0) is 19.7 Å². The van der Waals surface area contributed by atoms with Crippen molar-refractivity contribution in [1.82, 2.24) is 0 Å². The van der Waals surface area contributed by atoms with Crippen molar-refractivity contribution in [1.29, 1.82) is 0 Å². The van der Waals surface area contributed by atoms with Gasteiger partial charge in [-0.05, 0) is 12.8 Å². The fourth-order valence-corrected chi connectivity index (χ4v) is 9.70. The van der Waals surface area contributed by atoms with Crippen LogP contribution in [0.15, 0.2) is 12.2 Å². The molecule has 0 spiro atoms. The number of allylic oxidation sites excluding steroid dienone is 2. The molecule has 3 aliphatic rings. The predicted octanol–water partition coefficient (Wildman–Crippen LogP) is 0.166. The van der Waals surface area contributed by atoms with Crippen LogP contribution in [0, 0.1) is 10.8 Å². The lowest BCUT2D eigenvalue weighted by Crippen LogP contribution is -2.40. The molecule has 6 heteroatoms. The van der Waals surface area contributed by atoms with Crippen LogP contribution in [0.1, 0.15) is 12.8 Å². The molecular formula is C10H14O4S2. The molecule has 0 saturated carbocycles. The number of sulfone groups is 2. The van der Waals surface area contributed by atoms with Crippen LogP contribution in [0.5, 0.6) is 0 Å². The van der Waals surface area contributed by atoms with E-state index in [4.69, 9.17) is 0 Å². The summed E-state index contributed by atoms with van der Waals surface area (Å²) in [7, 11) is -6.12. The lowest BCUT2D eigenvalue weighted by molar-refractivity contribution is 0.157. The maximum absolute atomic E-state index is 11.8. The first-order valence-electron chi connectivity index (χ1n) is 5.34. The van der Waals surface area contributed by atoms with Crippen molar-refractivity contribution in [2.75, 3.05) is 23.0 Å². The van der Waals surface area contributed by atoms with E-state index in [1.807, 2.05) is 12.2 Å². The van der Waals surface area contributed by atoms with Gasteiger partial charge in [0.25, 0.3) is 0 Å². The second kappa shape index (κ2) is 2.72. The van der Waals surface area contributed by atoms with Crippen LogP contribution in [0.2, 0.25) is 0 Å². The molecule has 2 heterocycles. The second-order valence-corrected chi connectivity index (χ2v) is 9.63. The number of hydrogen-bond acceptors (Lipinski definition) is 4. The summed E-state index contributed by atoms with van der Waals surface area (Å²) in [6, 6.07) is 0. The van der Waals surface area contributed by atoms with Crippen molar-refractivity contribution < 1.29 is 16.8 Å². The summed E-state index contributed by atoms with van der Waals surface area (Å²) in [6.07, 6.45) is 5.09. The monoisotopic (exact) mass is 262 g/mol. The Morgan fingerprint density at radius 1 is 0.688 bits per heavy atom. The fourth-order valence-electron chi connectivity index (χ4n) is 3.77. The molecule has 0 aromatic heterocycles. The predicted molar refractivity (Wildman–Crippen MR) is 60.5 cm³/mol. The lowest BCUT2D eigenvalue weighted by Gasteiger charge is -2.38. The van der Waals surface area contributed by atoms with Crippen molar-refractivity contribution in [3.63, 3.8) is 0 Å². The van der Waals surface area contributed by atoms with Crippen LogP contribution in [0.4, 0.5) is 0 Å². The largest absolute Gasteiger partial charge is 0.229 e. The zero-order valence-electron chi connectivity index (χ0n) is 8.85. The van der Waals surface area contributed by atoms with Crippen molar-refractivity contribution in [3.05, 3.63) is 12.2 Å². The summed E-state index contributed by atoms with van der Waals surface area (Å²) in [5.74, 6) is 0.236. The van der Waals surface area contributed by atoms with E-state index in [0.717, 1.165) is 0 Å². The van der Waals surface area contributed by atoms with Gasteiger partial charge in [0, 0.05) is 10.8 Å². The molecule has 16 heavy (non-hydrogen) atoms. The molecule has 0 unspecified atom stereocenters. The molecule has 0 N–H and O–H groups in total. The third kappa shape index (κ3) is 1.26. The molecule has 90 valence electrons. The van der Waals surface area contributed by atoms with Crippen LogP contribution >= 0.6 is 0 Å². The minimum atomic E-state index is -3.06. The van der Waals surface area contributed by atoms with Gasteiger partial charge >= 0.3 is 0 Å². The van der Waals surface area contributed by atoms with E-state index in [1.54, 1.807) is 0 Å². The molecule has 2 fully saturated rings. The first-order chi connectivity index (χ1) is 7.29. The highest BCUT2D eigenvalue weighted by atomic mass is 32.2. The Morgan fingerprint density at radius 2 is 1.00 bits per heavy atom. The standard InChI is InChI=1S/C10H14O4S2/c11-15(12)5-9-3-1-2-4-10(9,7-15)8-16(13,14)6-9/h1-2H,3-8H2. The van der Waals surface area contributed by atoms with E-state index in [1.165, 1.54) is 0 Å². The molecule has 0 atom stereocenters. The average molecular weight is 262 g/mol. The van der Waals surface area contributed by atoms with Gasteiger partial charge in [0.1, 0.15) is 0 Å². The van der Waals surface area contributed by atoms with Gasteiger partial charge in [-0.3, -0.25) is 0 Å². The molecule has 3 rings (SSSR count). The van der Waals surface area contributed by atoms with E-state index in [-0.39, 0.29) is 23.0 Å². The Morgan fingerprint density at radius 3 is 1.31 bits per heavy atom. The van der Waals surface area contributed by atoms with Crippen molar-refractivity contribution in [2.45, 2.75) is 12.8 Å². The number of hydrogen-bond donors (Lipinski definition) is 0. The van der Waals surface area contributed by atoms with E-state index < -0.39 is 30.5 Å². The van der Waals surface area contributed by atoms with E-state index >= 15 is 0 Å². The fraction of sp³-hybridized carbons (Fsp3) is 0.800. The minimum Gasteiger partial charge on any atom is -0.229 e. The van der Waals surface area contributed by atoms with Gasteiger partial charge in [0.05, 0.1) is 23.0 Å². The molecular weight excluding hydrogens is 248 g/mol. The number of rotatable bonds is 0. The van der Waals surface area contributed by atoms with Gasteiger partial charge in [-0.25, -0.2) is 16.8 Å². The lowest BCUT2D eigenvalue weighted by atomic mass is 9.62. The van der Waals surface area contributed by atoms with Crippen LogP contribution < -0.4 is 0 Å². The quantitative estimate of drug-likeness (QED) is 0.583. The van der Waals surface area contributed by atoms with Crippen LogP contribution in [0.25, 0.3) is 0 Å². The second-order valence-electron chi connectivity index (χ2n) is 5.50. The highest BCUT2D eigenvalue weighted by Crippen LogP contribution is 2.60.